The molecule has 0 unspecified atom stereocenters. The van der Waals surface area contributed by atoms with E-state index in [1.807, 2.05) is 18.4 Å². The van der Waals surface area contributed by atoms with E-state index < -0.39 is 0 Å². The lowest BCUT2D eigenvalue weighted by molar-refractivity contribution is -0.122. The maximum absolute atomic E-state index is 12.2. The highest BCUT2D eigenvalue weighted by Gasteiger charge is 2.43. The van der Waals surface area contributed by atoms with Gasteiger partial charge in [0.15, 0.2) is 0 Å². The molecule has 0 saturated heterocycles. The molecule has 1 aromatic heterocycles. The molecule has 0 bridgehead atoms. The summed E-state index contributed by atoms with van der Waals surface area (Å²) in [5.41, 5.74) is 6.60. The number of amides is 1. The second-order valence-electron chi connectivity index (χ2n) is 7.52. The van der Waals surface area contributed by atoms with Crippen molar-refractivity contribution in [1.29, 1.82) is 0 Å². The SMILES string of the molecule is Cc1ccsc1/C=N/NC(=O)[C@@H]1C[C@@H]1c1ccc(C(C)(C)C)cc1. The molecule has 126 valence electrons. The lowest BCUT2D eigenvalue weighted by Crippen LogP contribution is -2.20. The van der Waals surface area contributed by atoms with Gasteiger partial charge >= 0.3 is 0 Å². The summed E-state index contributed by atoms with van der Waals surface area (Å²) in [6, 6.07) is 10.7. The van der Waals surface area contributed by atoms with Crippen LogP contribution in [0.1, 0.15) is 54.7 Å². The topological polar surface area (TPSA) is 41.5 Å². The van der Waals surface area contributed by atoms with Crippen LogP contribution in [0, 0.1) is 12.8 Å². The maximum atomic E-state index is 12.2. The molecule has 2 atom stereocenters. The molecule has 0 spiro atoms. The van der Waals surface area contributed by atoms with Crippen LogP contribution >= 0.6 is 11.3 Å². The zero-order chi connectivity index (χ0) is 17.3. The molecule has 1 saturated carbocycles. The lowest BCUT2D eigenvalue weighted by Gasteiger charge is -2.19. The maximum Gasteiger partial charge on any atom is 0.243 e. The van der Waals surface area contributed by atoms with Crippen LogP contribution in [0.5, 0.6) is 0 Å². The van der Waals surface area contributed by atoms with Gasteiger partial charge < -0.3 is 0 Å². The van der Waals surface area contributed by atoms with Gasteiger partial charge in [-0.15, -0.1) is 11.3 Å². The van der Waals surface area contributed by atoms with Crippen LogP contribution < -0.4 is 5.43 Å². The molecule has 0 radical (unpaired) electrons. The number of thiophene rings is 1. The number of benzene rings is 1. The number of aryl methyl sites for hydroxylation is 1. The first-order valence-electron chi connectivity index (χ1n) is 8.33. The summed E-state index contributed by atoms with van der Waals surface area (Å²) in [5.74, 6) is 0.398. The zero-order valence-electron chi connectivity index (χ0n) is 14.7. The van der Waals surface area contributed by atoms with Gasteiger partial charge in [0, 0.05) is 10.8 Å². The fourth-order valence-electron chi connectivity index (χ4n) is 2.84. The van der Waals surface area contributed by atoms with E-state index >= 15 is 0 Å². The summed E-state index contributed by atoms with van der Waals surface area (Å²) in [4.78, 5) is 13.3. The monoisotopic (exact) mass is 340 g/mol. The number of hydrogen-bond donors (Lipinski definition) is 1. The van der Waals surface area contributed by atoms with Gasteiger partial charge in [0.05, 0.1) is 6.21 Å². The molecule has 1 heterocycles. The average Bonchev–Trinajstić information content (AvgIpc) is 3.24. The second kappa shape index (κ2) is 6.52. The molecule has 1 aliphatic rings. The van der Waals surface area contributed by atoms with E-state index in [0.29, 0.717) is 5.92 Å². The van der Waals surface area contributed by atoms with E-state index in [1.165, 1.54) is 16.7 Å². The predicted molar refractivity (Wildman–Crippen MR) is 101 cm³/mol. The molecule has 3 nitrogen and oxygen atoms in total. The minimum Gasteiger partial charge on any atom is -0.273 e. The third kappa shape index (κ3) is 3.75. The van der Waals surface area contributed by atoms with Crippen molar-refractivity contribution in [3.63, 3.8) is 0 Å². The van der Waals surface area contributed by atoms with Gasteiger partial charge in [-0.1, -0.05) is 45.0 Å². The Bertz CT molecular complexity index is 753. The smallest absolute Gasteiger partial charge is 0.243 e. The summed E-state index contributed by atoms with van der Waals surface area (Å²) >= 11 is 1.63. The van der Waals surface area contributed by atoms with Gasteiger partial charge in [-0.25, -0.2) is 5.43 Å². The number of rotatable bonds is 4. The number of hydrazone groups is 1. The fraction of sp³-hybridized carbons (Fsp3) is 0.400. The van der Waals surface area contributed by atoms with Crippen LogP contribution in [0.3, 0.4) is 0 Å². The van der Waals surface area contributed by atoms with E-state index in [9.17, 15) is 4.79 Å². The van der Waals surface area contributed by atoms with E-state index in [0.717, 1.165) is 11.3 Å². The van der Waals surface area contributed by atoms with E-state index in [2.05, 4.69) is 55.6 Å². The predicted octanol–water partition coefficient (Wildman–Crippen LogP) is 4.61. The third-order valence-electron chi connectivity index (χ3n) is 4.59. The summed E-state index contributed by atoms with van der Waals surface area (Å²) in [5, 5.41) is 6.12. The minimum absolute atomic E-state index is 0.0188. The lowest BCUT2D eigenvalue weighted by atomic mass is 9.86. The first-order valence-corrected chi connectivity index (χ1v) is 9.21. The van der Waals surface area contributed by atoms with Crippen molar-refractivity contribution in [3.05, 3.63) is 57.3 Å². The molecule has 3 rings (SSSR count). The van der Waals surface area contributed by atoms with Crippen LogP contribution in [-0.2, 0) is 10.2 Å². The molecular weight excluding hydrogens is 316 g/mol. The Balaban J connectivity index is 1.56. The highest BCUT2D eigenvalue weighted by atomic mass is 32.1. The van der Waals surface area contributed by atoms with Gasteiger partial charge in [-0.3, -0.25) is 4.79 Å². The zero-order valence-corrected chi connectivity index (χ0v) is 15.5. The first kappa shape index (κ1) is 16.9. The van der Waals surface area contributed by atoms with Crippen LogP contribution in [-0.4, -0.2) is 12.1 Å². The number of carbonyl (C=O) groups is 1. The molecule has 1 N–H and O–H groups in total. The van der Waals surface area contributed by atoms with Crippen LogP contribution in [0.25, 0.3) is 0 Å². The van der Waals surface area contributed by atoms with Crippen molar-refractivity contribution in [3.8, 4) is 0 Å². The molecule has 1 fully saturated rings. The Morgan fingerprint density at radius 1 is 1.25 bits per heavy atom. The largest absolute Gasteiger partial charge is 0.273 e. The fourth-order valence-corrected chi connectivity index (χ4v) is 3.62. The number of nitrogens with zero attached hydrogens (tertiary/aromatic N) is 1. The van der Waals surface area contributed by atoms with Gasteiger partial charge in [0.25, 0.3) is 0 Å². The number of nitrogens with one attached hydrogen (secondary N) is 1. The normalized spacial score (nSPS) is 20.3. The molecule has 1 amide bonds. The summed E-state index contributed by atoms with van der Waals surface area (Å²) in [6.45, 7) is 8.67. The molecular formula is C20H24N2OS. The standard InChI is InChI=1S/C20H24N2OS/c1-13-9-10-24-18(13)12-21-22-19(23)17-11-16(17)14-5-7-15(8-6-14)20(2,3)4/h5-10,12,16-17H,11H2,1-4H3,(H,22,23)/b21-12+/t16-,17-/m1/s1. The number of hydrogen-bond acceptors (Lipinski definition) is 3. The van der Waals surface area contributed by atoms with E-state index in [1.54, 1.807) is 17.6 Å². The Kier molecular flexibility index (Phi) is 4.59. The highest BCUT2D eigenvalue weighted by molar-refractivity contribution is 7.11. The summed E-state index contributed by atoms with van der Waals surface area (Å²) < 4.78 is 0. The van der Waals surface area contributed by atoms with Gasteiger partial charge in [0.2, 0.25) is 5.91 Å². The van der Waals surface area contributed by atoms with Crippen LogP contribution in [0.4, 0.5) is 0 Å². The Morgan fingerprint density at radius 2 is 1.96 bits per heavy atom. The molecule has 2 aromatic rings. The molecule has 1 aromatic carbocycles. The van der Waals surface area contributed by atoms with Crippen LogP contribution in [0.2, 0.25) is 0 Å². The third-order valence-corrected chi connectivity index (χ3v) is 5.54. The first-order chi connectivity index (χ1) is 11.4. The number of carbonyl (C=O) groups excluding carboxylic acids is 1. The summed E-state index contributed by atoms with van der Waals surface area (Å²) in [6.07, 6.45) is 2.64. The second-order valence-corrected chi connectivity index (χ2v) is 8.47. The quantitative estimate of drug-likeness (QED) is 0.641. The average molecular weight is 340 g/mol. The van der Waals surface area contributed by atoms with Crippen molar-refractivity contribution in [1.82, 2.24) is 5.43 Å². The Labute approximate surface area is 147 Å². The highest BCUT2D eigenvalue weighted by Crippen LogP contribution is 2.47. The van der Waals surface area contributed by atoms with Crippen molar-refractivity contribution in [2.45, 2.75) is 45.4 Å². The van der Waals surface area contributed by atoms with Crippen molar-refractivity contribution in [2.75, 3.05) is 0 Å². The van der Waals surface area contributed by atoms with Gasteiger partial charge in [-0.05, 0) is 52.8 Å². The van der Waals surface area contributed by atoms with Crippen molar-refractivity contribution < 1.29 is 4.79 Å². The van der Waals surface area contributed by atoms with E-state index in [-0.39, 0.29) is 17.2 Å². The summed E-state index contributed by atoms with van der Waals surface area (Å²) in [7, 11) is 0. The van der Waals surface area contributed by atoms with Gasteiger partial charge in [-0.2, -0.15) is 5.10 Å². The molecule has 1 aliphatic carbocycles. The van der Waals surface area contributed by atoms with E-state index in [4.69, 9.17) is 0 Å². The molecule has 24 heavy (non-hydrogen) atoms. The van der Waals surface area contributed by atoms with Gasteiger partial charge in [0.1, 0.15) is 0 Å². The Hall–Kier alpha value is -1.94. The molecule has 0 aliphatic heterocycles. The van der Waals surface area contributed by atoms with Crippen molar-refractivity contribution in [2.24, 2.45) is 11.0 Å². The Morgan fingerprint density at radius 3 is 2.54 bits per heavy atom. The van der Waals surface area contributed by atoms with Crippen LogP contribution in [0.15, 0.2) is 40.8 Å². The minimum atomic E-state index is 0.0188. The van der Waals surface area contributed by atoms with Crippen molar-refractivity contribution >= 4 is 23.5 Å². The molecule has 4 heteroatoms.